The van der Waals surface area contributed by atoms with Crippen LogP contribution >= 0.6 is 0 Å². The molecule has 15 heavy (non-hydrogen) atoms. The minimum atomic E-state index is -0.517. The predicted molar refractivity (Wildman–Crippen MR) is 69.4 cm³/mol. The van der Waals surface area contributed by atoms with Crippen LogP contribution in [0.5, 0.6) is 0 Å². The van der Waals surface area contributed by atoms with Crippen LogP contribution in [0.2, 0.25) is 0 Å². The van der Waals surface area contributed by atoms with Crippen molar-refractivity contribution >= 4 is 66.0 Å². The van der Waals surface area contributed by atoms with Gasteiger partial charge in [-0.15, -0.1) is 0 Å². The van der Waals surface area contributed by atoms with Gasteiger partial charge in [0.25, 0.3) is 0 Å². The van der Waals surface area contributed by atoms with Gasteiger partial charge in [0, 0.05) is 37.7 Å². The summed E-state index contributed by atoms with van der Waals surface area (Å²) < 4.78 is 3.08. The molecule has 0 aromatic heterocycles. The van der Waals surface area contributed by atoms with Gasteiger partial charge in [-0.25, -0.2) is 0 Å². The van der Waals surface area contributed by atoms with E-state index in [1.807, 2.05) is 0 Å². The fraction of sp³-hybridized carbons (Fsp3) is 0. The van der Waals surface area contributed by atoms with Crippen LogP contribution in [0, 0.1) is 0 Å². The number of benzene rings is 2. The van der Waals surface area contributed by atoms with Crippen molar-refractivity contribution < 1.29 is 0 Å². The van der Waals surface area contributed by atoms with Crippen molar-refractivity contribution in [2.75, 3.05) is 0 Å². The van der Waals surface area contributed by atoms with Crippen LogP contribution < -0.4 is 7.16 Å². The fourth-order valence-corrected chi connectivity index (χ4v) is 4.21. The Labute approximate surface area is 125 Å². The van der Waals surface area contributed by atoms with Crippen LogP contribution in [0.4, 0.5) is 0 Å². The molecule has 2 aromatic carbocycles. The van der Waals surface area contributed by atoms with Crippen molar-refractivity contribution in [3.05, 3.63) is 60.7 Å². The van der Waals surface area contributed by atoms with Crippen LogP contribution in [-0.2, 0) is 0 Å². The molecule has 0 nitrogen and oxygen atoms in total. The molecule has 0 aliphatic heterocycles. The van der Waals surface area contributed by atoms with Gasteiger partial charge in [-0.2, -0.15) is 0 Å². The van der Waals surface area contributed by atoms with Crippen molar-refractivity contribution in [2.45, 2.75) is 0 Å². The van der Waals surface area contributed by atoms with E-state index in [9.17, 15) is 0 Å². The average molecular weight is 287 g/mol. The fourth-order valence-electron chi connectivity index (χ4n) is 1.21. The van der Waals surface area contributed by atoms with Gasteiger partial charge in [0.2, 0.25) is 0 Å². The van der Waals surface area contributed by atoms with Crippen LogP contribution in [0.3, 0.4) is 0 Å². The molecule has 2 rings (SSSR count). The van der Waals surface area contributed by atoms with E-state index in [1.54, 1.807) is 0 Å². The van der Waals surface area contributed by atoms with Gasteiger partial charge < -0.3 is 0 Å². The maximum atomic E-state index is 2.24. The Kier molecular flexibility index (Phi) is 8.82. The summed E-state index contributed by atoms with van der Waals surface area (Å²) in [5.74, 6) is 0. The third kappa shape index (κ3) is 5.34. The third-order valence-electron chi connectivity index (χ3n) is 1.84. The van der Waals surface area contributed by atoms with E-state index in [4.69, 9.17) is 0 Å². The molecule has 0 atom stereocenters. The van der Waals surface area contributed by atoms with E-state index in [1.165, 1.54) is 7.16 Å². The summed E-state index contributed by atoms with van der Waals surface area (Å²) >= 11 is -0.517. The van der Waals surface area contributed by atoms with E-state index in [0.29, 0.717) is 0 Å². The quantitative estimate of drug-likeness (QED) is 0.709. The second kappa shape index (κ2) is 8.57. The summed E-state index contributed by atoms with van der Waals surface area (Å²) in [7, 11) is 0. The summed E-state index contributed by atoms with van der Waals surface area (Å²) in [4.78, 5) is 0. The molecule has 2 aromatic rings. The summed E-state index contributed by atoms with van der Waals surface area (Å²) in [6, 6.07) is 21.6. The predicted octanol–water partition coefficient (Wildman–Crippen LogP) is 0.580. The molecule has 0 unspecified atom stereocenters. The van der Waals surface area contributed by atoms with Crippen molar-refractivity contribution in [3.8, 4) is 0 Å². The second-order valence-electron chi connectivity index (χ2n) is 2.86. The van der Waals surface area contributed by atoms with Gasteiger partial charge in [-0.3, -0.25) is 0 Å². The first-order valence-electron chi connectivity index (χ1n) is 4.32. The molecule has 0 fully saturated rings. The van der Waals surface area contributed by atoms with E-state index in [2.05, 4.69) is 60.7 Å². The monoisotopic (exact) mass is 288 g/mol. The first-order valence-corrected chi connectivity index (χ1v) is 7.18. The molecule has 0 spiro atoms. The molecule has 0 N–H and O–H groups in total. The summed E-state index contributed by atoms with van der Waals surface area (Å²) in [5, 5.41) is 0. The molecule has 3 heteroatoms. The van der Waals surface area contributed by atoms with Gasteiger partial charge in [0.1, 0.15) is 0 Å². The van der Waals surface area contributed by atoms with Gasteiger partial charge in [-0.05, 0) is 0 Å². The van der Waals surface area contributed by atoms with Crippen molar-refractivity contribution in [1.82, 2.24) is 0 Å². The van der Waals surface area contributed by atoms with Gasteiger partial charge in [-0.1, -0.05) is 0 Å². The SMILES string of the molecule is [Li].[Li].c1cc[c]([Sn][c]2ccccc2)cc1. The Morgan fingerprint density at radius 3 is 1.20 bits per heavy atom. The zero-order valence-electron chi connectivity index (χ0n) is 9.27. The van der Waals surface area contributed by atoms with Crippen LogP contribution in [0.25, 0.3) is 0 Å². The van der Waals surface area contributed by atoms with Crippen LogP contribution in [0.1, 0.15) is 0 Å². The Hall–Kier alpha value is 0.434. The van der Waals surface area contributed by atoms with E-state index in [0.717, 1.165) is 0 Å². The Bertz CT molecular complexity index is 324. The molecule has 0 saturated heterocycles. The van der Waals surface area contributed by atoms with Crippen molar-refractivity contribution in [3.63, 3.8) is 0 Å². The Balaban J connectivity index is 0.000000980. The topological polar surface area (TPSA) is 0 Å². The van der Waals surface area contributed by atoms with E-state index in [-0.39, 0.29) is 37.7 Å². The number of rotatable bonds is 2. The maximum absolute atomic E-state index is 2.24. The molecule has 0 aliphatic rings. The summed E-state index contributed by atoms with van der Waals surface area (Å²) in [5.41, 5.74) is 0. The number of hydrogen-bond acceptors (Lipinski definition) is 0. The normalized spacial score (nSPS) is 8.53. The molecular weight excluding hydrogens is 277 g/mol. The van der Waals surface area contributed by atoms with Crippen LogP contribution in [0.15, 0.2) is 60.7 Å². The molecular formula is C12H10Li2Sn. The van der Waals surface area contributed by atoms with E-state index < -0.39 is 21.1 Å². The summed E-state index contributed by atoms with van der Waals surface area (Å²) in [6.45, 7) is 0. The van der Waals surface area contributed by atoms with Crippen LogP contribution in [-0.4, -0.2) is 58.9 Å². The van der Waals surface area contributed by atoms with E-state index >= 15 is 0 Å². The molecule has 0 aliphatic carbocycles. The number of hydrogen-bond donors (Lipinski definition) is 0. The second-order valence-corrected chi connectivity index (χ2v) is 6.87. The first kappa shape index (κ1) is 15.4. The molecule has 0 amide bonds. The zero-order valence-corrected chi connectivity index (χ0v) is 12.1. The van der Waals surface area contributed by atoms with Gasteiger partial charge >= 0.3 is 89.0 Å². The molecule has 64 valence electrons. The van der Waals surface area contributed by atoms with Gasteiger partial charge in [0.05, 0.1) is 0 Å². The Morgan fingerprint density at radius 2 is 0.867 bits per heavy atom. The molecule has 0 heterocycles. The molecule has 0 bridgehead atoms. The zero-order chi connectivity index (χ0) is 8.93. The Morgan fingerprint density at radius 1 is 0.533 bits per heavy atom. The van der Waals surface area contributed by atoms with Crippen molar-refractivity contribution in [2.24, 2.45) is 0 Å². The average Bonchev–Trinajstić information content (AvgIpc) is 2.21. The molecule has 4 radical (unpaired) electrons. The van der Waals surface area contributed by atoms with Crippen molar-refractivity contribution in [1.29, 1.82) is 0 Å². The first-order chi connectivity index (χ1) is 6.45. The summed E-state index contributed by atoms with van der Waals surface area (Å²) in [6.07, 6.45) is 0. The molecule has 0 saturated carbocycles. The third-order valence-corrected chi connectivity index (χ3v) is 5.39. The van der Waals surface area contributed by atoms with Gasteiger partial charge in [0.15, 0.2) is 0 Å². The minimum absolute atomic E-state index is 0. The standard InChI is InChI=1S/2C6H5.2Li.Sn/c2*1-2-4-6-5-3-1;;;/h2*1-5H;;;.